The molecule has 0 spiro atoms. The van der Waals surface area contributed by atoms with Crippen molar-refractivity contribution in [3.63, 3.8) is 0 Å². The molecular formula is C12H22O2. The van der Waals surface area contributed by atoms with Crippen LogP contribution < -0.4 is 0 Å². The van der Waals surface area contributed by atoms with Crippen molar-refractivity contribution in [1.29, 1.82) is 0 Å². The number of hydrogen-bond acceptors (Lipinski definition) is 2. The fourth-order valence-electron chi connectivity index (χ4n) is 2.10. The Kier molecular flexibility index (Phi) is 4.99. The Morgan fingerprint density at radius 3 is 2.57 bits per heavy atom. The Morgan fingerprint density at radius 1 is 1.36 bits per heavy atom. The van der Waals surface area contributed by atoms with Gasteiger partial charge >= 0.3 is 5.97 Å². The highest BCUT2D eigenvalue weighted by Gasteiger charge is 2.23. The van der Waals surface area contributed by atoms with Crippen molar-refractivity contribution in [2.24, 2.45) is 5.92 Å². The Labute approximate surface area is 87.0 Å². The zero-order valence-corrected chi connectivity index (χ0v) is 9.42. The minimum Gasteiger partial charge on any atom is -0.462 e. The van der Waals surface area contributed by atoms with E-state index in [-0.39, 0.29) is 18.0 Å². The molecule has 0 aliphatic heterocycles. The minimum atomic E-state index is 0.0469. The summed E-state index contributed by atoms with van der Waals surface area (Å²) in [5.41, 5.74) is 0. The number of carbonyl (C=O) groups is 1. The number of ether oxygens (including phenoxy) is 1. The highest BCUT2D eigenvalue weighted by Crippen LogP contribution is 2.25. The summed E-state index contributed by atoms with van der Waals surface area (Å²) in [6, 6.07) is 0. The standard InChI is InChI=1S/C12H22O2/c1-3-7-10(2)14-12(13)11-8-5-4-6-9-11/h10-11H,3-9H2,1-2H3. The molecule has 0 aromatic rings. The van der Waals surface area contributed by atoms with Crippen LogP contribution in [0, 0.1) is 5.92 Å². The van der Waals surface area contributed by atoms with Crippen LogP contribution in [0.25, 0.3) is 0 Å². The van der Waals surface area contributed by atoms with Gasteiger partial charge in [0, 0.05) is 0 Å². The zero-order valence-electron chi connectivity index (χ0n) is 9.42. The van der Waals surface area contributed by atoms with Crippen LogP contribution in [0.1, 0.15) is 58.8 Å². The second kappa shape index (κ2) is 6.05. The maximum absolute atomic E-state index is 11.7. The van der Waals surface area contributed by atoms with Crippen molar-refractivity contribution in [1.82, 2.24) is 0 Å². The van der Waals surface area contributed by atoms with Gasteiger partial charge in [-0.2, -0.15) is 0 Å². The van der Waals surface area contributed by atoms with Gasteiger partial charge in [-0.1, -0.05) is 32.6 Å². The van der Waals surface area contributed by atoms with E-state index < -0.39 is 0 Å². The molecule has 1 unspecified atom stereocenters. The summed E-state index contributed by atoms with van der Waals surface area (Å²) in [7, 11) is 0. The van der Waals surface area contributed by atoms with E-state index in [1.165, 1.54) is 19.3 Å². The van der Waals surface area contributed by atoms with E-state index in [9.17, 15) is 4.79 Å². The summed E-state index contributed by atoms with van der Waals surface area (Å²) in [4.78, 5) is 11.7. The number of hydrogen-bond donors (Lipinski definition) is 0. The third-order valence-electron chi connectivity index (χ3n) is 2.95. The summed E-state index contributed by atoms with van der Waals surface area (Å²) in [6.45, 7) is 4.11. The first kappa shape index (κ1) is 11.5. The molecule has 0 aromatic carbocycles. The van der Waals surface area contributed by atoms with Crippen LogP contribution in [-0.4, -0.2) is 12.1 Å². The molecule has 1 fully saturated rings. The molecule has 0 saturated heterocycles. The third kappa shape index (κ3) is 3.69. The van der Waals surface area contributed by atoms with Crippen LogP contribution in [0.3, 0.4) is 0 Å². The molecule has 1 rings (SSSR count). The first-order valence-electron chi connectivity index (χ1n) is 5.94. The Hall–Kier alpha value is -0.530. The lowest BCUT2D eigenvalue weighted by molar-refractivity contribution is -0.154. The second-order valence-corrected chi connectivity index (χ2v) is 4.37. The summed E-state index contributed by atoms with van der Waals surface area (Å²) in [5.74, 6) is 0.244. The van der Waals surface area contributed by atoms with Crippen molar-refractivity contribution >= 4 is 5.97 Å². The molecule has 1 aliphatic rings. The third-order valence-corrected chi connectivity index (χ3v) is 2.95. The maximum Gasteiger partial charge on any atom is 0.309 e. The van der Waals surface area contributed by atoms with Crippen LogP contribution >= 0.6 is 0 Å². The molecule has 0 N–H and O–H groups in total. The molecule has 14 heavy (non-hydrogen) atoms. The molecule has 2 heteroatoms. The van der Waals surface area contributed by atoms with Crippen LogP contribution in [0.5, 0.6) is 0 Å². The van der Waals surface area contributed by atoms with E-state index in [1.54, 1.807) is 0 Å². The van der Waals surface area contributed by atoms with Crippen molar-refractivity contribution in [3.05, 3.63) is 0 Å². The Balaban J connectivity index is 2.25. The van der Waals surface area contributed by atoms with E-state index in [2.05, 4.69) is 6.92 Å². The topological polar surface area (TPSA) is 26.3 Å². The van der Waals surface area contributed by atoms with Crippen molar-refractivity contribution in [3.8, 4) is 0 Å². The van der Waals surface area contributed by atoms with Crippen molar-refractivity contribution in [2.75, 3.05) is 0 Å². The van der Waals surface area contributed by atoms with Crippen LogP contribution in [0.15, 0.2) is 0 Å². The van der Waals surface area contributed by atoms with Crippen molar-refractivity contribution < 1.29 is 9.53 Å². The molecule has 0 bridgehead atoms. The molecule has 0 aromatic heterocycles. The van der Waals surface area contributed by atoms with Gasteiger partial charge in [0.1, 0.15) is 0 Å². The van der Waals surface area contributed by atoms with Gasteiger partial charge in [-0.3, -0.25) is 4.79 Å². The molecule has 82 valence electrons. The summed E-state index contributed by atoms with van der Waals surface area (Å²) in [6.07, 6.45) is 7.93. The van der Waals surface area contributed by atoms with Gasteiger partial charge in [-0.15, -0.1) is 0 Å². The number of carbonyl (C=O) groups excluding carboxylic acids is 1. The van der Waals surface area contributed by atoms with Gasteiger partial charge in [0.25, 0.3) is 0 Å². The van der Waals surface area contributed by atoms with E-state index >= 15 is 0 Å². The molecule has 0 amide bonds. The van der Waals surface area contributed by atoms with Crippen LogP contribution in [-0.2, 0) is 9.53 Å². The first-order chi connectivity index (χ1) is 6.74. The van der Waals surface area contributed by atoms with Crippen LogP contribution in [0.4, 0.5) is 0 Å². The predicted molar refractivity (Wildman–Crippen MR) is 57.0 cm³/mol. The van der Waals surface area contributed by atoms with E-state index in [4.69, 9.17) is 4.74 Å². The number of esters is 1. The average Bonchev–Trinajstić information content (AvgIpc) is 2.19. The van der Waals surface area contributed by atoms with E-state index in [0.717, 1.165) is 25.7 Å². The summed E-state index contributed by atoms with van der Waals surface area (Å²) >= 11 is 0. The van der Waals surface area contributed by atoms with Gasteiger partial charge < -0.3 is 4.74 Å². The molecule has 1 atom stereocenters. The maximum atomic E-state index is 11.7. The quantitative estimate of drug-likeness (QED) is 0.648. The highest BCUT2D eigenvalue weighted by atomic mass is 16.5. The first-order valence-corrected chi connectivity index (χ1v) is 5.94. The lowest BCUT2D eigenvalue weighted by Gasteiger charge is -2.22. The zero-order chi connectivity index (χ0) is 10.4. The monoisotopic (exact) mass is 198 g/mol. The van der Waals surface area contributed by atoms with E-state index in [0.29, 0.717) is 0 Å². The van der Waals surface area contributed by atoms with Gasteiger partial charge in [0.2, 0.25) is 0 Å². The number of rotatable bonds is 4. The SMILES string of the molecule is CCCC(C)OC(=O)C1CCCCC1. The molecule has 0 radical (unpaired) electrons. The smallest absolute Gasteiger partial charge is 0.309 e. The predicted octanol–water partition coefficient (Wildman–Crippen LogP) is 3.30. The molecule has 0 heterocycles. The Bertz CT molecular complexity index is 171. The minimum absolute atomic E-state index is 0.0469. The fourth-order valence-corrected chi connectivity index (χ4v) is 2.10. The van der Waals surface area contributed by atoms with Gasteiger partial charge in [-0.05, 0) is 26.2 Å². The average molecular weight is 198 g/mol. The fraction of sp³-hybridized carbons (Fsp3) is 0.917. The summed E-state index contributed by atoms with van der Waals surface area (Å²) in [5, 5.41) is 0. The van der Waals surface area contributed by atoms with Crippen LogP contribution in [0.2, 0.25) is 0 Å². The van der Waals surface area contributed by atoms with E-state index in [1.807, 2.05) is 6.92 Å². The molecule has 2 nitrogen and oxygen atoms in total. The molecule has 1 aliphatic carbocycles. The van der Waals surface area contributed by atoms with Gasteiger partial charge in [0.05, 0.1) is 12.0 Å². The summed E-state index contributed by atoms with van der Waals surface area (Å²) < 4.78 is 5.39. The lowest BCUT2D eigenvalue weighted by Crippen LogP contribution is -2.24. The van der Waals surface area contributed by atoms with Crippen molar-refractivity contribution in [2.45, 2.75) is 64.9 Å². The Morgan fingerprint density at radius 2 is 2.00 bits per heavy atom. The molecular weight excluding hydrogens is 176 g/mol. The molecule has 1 saturated carbocycles. The van der Waals surface area contributed by atoms with Gasteiger partial charge in [-0.25, -0.2) is 0 Å². The largest absolute Gasteiger partial charge is 0.462 e. The second-order valence-electron chi connectivity index (χ2n) is 4.37. The lowest BCUT2D eigenvalue weighted by atomic mass is 9.89. The van der Waals surface area contributed by atoms with Gasteiger partial charge in [0.15, 0.2) is 0 Å². The normalized spacial score (nSPS) is 20.4. The highest BCUT2D eigenvalue weighted by molar-refractivity contribution is 5.72.